The zero-order valence-corrected chi connectivity index (χ0v) is 8.75. The Morgan fingerprint density at radius 2 is 1.06 bits per heavy atom. The first kappa shape index (κ1) is 14.0. The van der Waals surface area contributed by atoms with Crippen LogP contribution in [0.4, 0.5) is 0 Å². The highest BCUT2D eigenvalue weighted by Gasteiger charge is 2.50. The number of hydrogen-bond donors (Lipinski definition) is 7. The lowest BCUT2D eigenvalue weighted by Crippen LogP contribution is -2.64. The maximum atomic E-state index is 10.5. The van der Waals surface area contributed by atoms with Crippen LogP contribution in [-0.2, 0) is 9.09 Å². The van der Waals surface area contributed by atoms with Gasteiger partial charge >= 0.3 is 7.82 Å². The summed E-state index contributed by atoms with van der Waals surface area (Å²) < 4.78 is 14.5. The fourth-order valence-electron chi connectivity index (χ4n) is 1.48. The van der Waals surface area contributed by atoms with Gasteiger partial charge in [-0.15, -0.1) is 0 Å². The van der Waals surface area contributed by atoms with Crippen molar-refractivity contribution in [2.24, 2.45) is 0 Å². The standard InChI is InChI=1S/C6H13O9P/c7-1-2(8)4(10)6(5(11)3(1)9)15-16(12,13)14/h1-11H,(H2,12,13,14)/t1?,2-,3?,4+,5+,6?/m1/s1. The molecule has 1 fully saturated rings. The van der Waals surface area contributed by atoms with Gasteiger partial charge in [-0.2, -0.15) is 0 Å². The molecule has 96 valence electrons. The summed E-state index contributed by atoms with van der Waals surface area (Å²) in [6.07, 6.45) is -11.3. The molecule has 0 heterocycles. The quantitative estimate of drug-likeness (QED) is 0.247. The molecule has 1 aliphatic rings. The molecule has 7 N–H and O–H groups in total. The van der Waals surface area contributed by atoms with E-state index >= 15 is 0 Å². The lowest BCUT2D eigenvalue weighted by Gasteiger charge is -2.41. The van der Waals surface area contributed by atoms with E-state index in [1.807, 2.05) is 0 Å². The molecular formula is C6H13O9P. The van der Waals surface area contributed by atoms with Crippen LogP contribution in [0, 0.1) is 0 Å². The molecule has 0 spiro atoms. The minimum atomic E-state index is -5.01. The Labute approximate surface area is 89.8 Å². The Balaban J connectivity index is 2.87. The Kier molecular flexibility index (Phi) is 4.06. The predicted molar refractivity (Wildman–Crippen MR) is 47.0 cm³/mol. The van der Waals surface area contributed by atoms with Crippen LogP contribution < -0.4 is 0 Å². The van der Waals surface area contributed by atoms with Gasteiger partial charge in [0.2, 0.25) is 0 Å². The van der Waals surface area contributed by atoms with E-state index in [-0.39, 0.29) is 0 Å². The highest BCUT2D eigenvalue weighted by molar-refractivity contribution is 7.46. The van der Waals surface area contributed by atoms with Gasteiger partial charge in [0.05, 0.1) is 0 Å². The highest BCUT2D eigenvalue weighted by atomic mass is 31.2. The summed E-state index contributed by atoms with van der Waals surface area (Å²) in [7, 11) is -5.01. The predicted octanol–water partition coefficient (Wildman–Crippen LogP) is -3.72. The molecule has 10 heteroatoms. The zero-order chi connectivity index (χ0) is 12.7. The first-order valence-electron chi connectivity index (χ1n) is 4.29. The summed E-state index contributed by atoms with van der Waals surface area (Å²) in [5.41, 5.74) is 0. The molecule has 0 saturated heterocycles. The van der Waals surface area contributed by atoms with Crippen molar-refractivity contribution in [3.05, 3.63) is 0 Å². The fraction of sp³-hybridized carbons (Fsp3) is 1.00. The van der Waals surface area contributed by atoms with Crippen molar-refractivity contribution in [1.82, 2.24) is 0 Å². The van der Waals surface area contributed by atoms with Gasteiger partial charge in [0.15, 0.2) is 0 Å². The third kappa shape index (κ3) is 2.77. The van der Waals surface area contributed by atoms with Gasteiger partial charge in [-0.05, 0) is 0 Å². The van der Waals surface area contributed by atoms with Crippen LogP contribution in [0.5, 0.6) is 0 Å². The van der Waals surface area contributed by atoms with Gasteiger partial charge < -0.3 is 35.3 Å². The van der Waals surface area contributed by atoms with Gasteiger partial charge in [-0.1, -0.05) is 0 Å². The first-order chi connectivity index (χ1) is 7.15. The summed E-state index contributed by atoms with van der Waals surface area (Å²) >= 11 is 0. The molecule has 0 bridgehead atoms. The second-order valence-electron chi connectivity index (χ2n) is 3.51. The SMILES string of the molecule is O=P(O)(O)OC1[C@@H](O)C(O)C(O)[C@@H](O)[C@@H]1O. The maximum absolute atomic E-state index is 10.5. The molecule has 6 atom stereocenters. The first-order valence-corrected chi connectivity index (χ1v) is 5.82. The largest absolute Gasteiger partial charge is 0.470 e. The highest BCUT2D eigenvalue weighted by Crippen LogP contribution is 2.41. The minimum Gasteiger partial charge on any atom is -0.387 e. The van der Waals surface area contributed by atoms with Crippen LogP contribution in [0.2, 0.25) is 0 Å². The fourth-order valence-corrected chi connectivity index (χ4v) is 2.05. The van der Waals surface area contributed by atoms with Crippen molar-refractivity contribution in [2.45, 2.75) is 36.6 Å². The zero-order valence-electron chi connectivity index (χ0n) is 7.86. The summed E-state index contributed by atoms with van der Waals surface area (Å²) in [6, 6.07) is 0. The van der Waals surface area contributed by atoms with E-state index < -0.39 is 44.4 Å². The van der Waals surface area contributed by atoms with E-state index in [9.17, 15) is 25.0 Å². The van der Waals surface area contributed by atoms with E-state index in [1.54, 1.807) is 0 Å². The summed E-state index contributed by atoms with van der Waals surface area (Å²) in [5, 5.41) is 46.1. The van der Waals surface area contributed by atoms with Crippen LogP contribution in [0.1, 0.15) is 0 Å². The molecule has 9 nitrogen and oxygen atoms in total. The number of aliphatic hydroxyl groups excluding tert-OH is 5. The van der Waals surface area contributed by atoms with Crippen LogP contribution in [0.15, 0.2) is 0 Å². The number of rotatable bonds is 2. The van der Waals surface area contributed by atoms with Gasteiger partial charge in [0.25, 0.3) is 0 Å². The Morgan fingerprint density at radius 1 is 0.750 bits per heavy atom. The van der Waals surface area contributed by atoms with Crippen LogP contribution in [0.25, 0.3) is 0 Å². The number of phosphoric ester groups is 1. The number of aliphatic hydroxyl groups is 5. The third-order valence-electron chi connectivity index (χ3n) is 2.33. The molecule has 1 rings (SSSR count). The molecule has 1 saturated carbocycles. The van der Waals surface area contributed by atoms with Crippen molar-refractivity contribution >= 4 is 7.82 Å². The molecule has 3 unspecified atom stereocenters. The van der Waals surface area contributed by atoms with Crippen LogP contribution in [-0.4, -0.2) is 71.9 Å². The van der Waals surface area contributed by atoms with Crippen LogP contribution >= 0.6 is 7.82 Å². The Morgan fingerprint density at radius 3 is 1.38 bits per heavy atom. The minimum absolute atomic E-state index is 1.83. The summed E-state index contributed by atoms with van der Waals surface area (Å²) in [5.74, 6) is 0. The lowest BCUT2D eigenvalue weighted by atomic mass is 9.85. The molecule has 0 aliphatic heterocycles. The van der Waals surface area contributed by atoms with Crippen molar-refractivity contribution in [3.8, 4) is 0 Å². The molecule has 1 aliphatic carbocycles. The second-order valence-corrected chi connectivity index (χ2v) is 4.71. The van der Waals surface area contributed by atoms with E-state index in [0.29, 0.717) is 0 Å². The smallest absolute Gasteiger partial charge is 0.387 e. The maximum Gasteiger partial charge on any atom is 0.470 e. The molecule has 0 aromatic heterocycles. The summed E-state index contributed by atoms with van der Waals surface area (Å²) in [6.45, 7) is 0. The monoisotopic (exact) mass is 260 g/mol. The Bertz CT molecular complexity index is 274. The van der Waals surface area contributed by atoms with Gasteiger partial charge in [0, 0.05) is 0 Å². The van der Waals surface area contributed by atoms with Crippen LogP contribution in [0.3, 0.4) is 0 Å². The van der Waals surface area contributed by atoms with Crippen molar-refractivity contribution in [1.29, 1.82) is 0 Å². The van der Waals surface area contributed by atoms with Crippen molar-refractivity contribution in [2.75, 3.05) is 0 Å². The third-order valence-corrected chi connectivity index (χ3v) is 2.85. The van der Waals surface area contributed by atoms with E-state index in [4.69, 9.17) is 14.9 Å². The second kappa shape index (κ2) is 4.65. The molecule has 0 aromatic rings. The molecular weight excluding hydrogens is 247 g/mol. The normalized spacial score (nSPS) is 45.7. The van der Waals surface area contributed by atoms with E-state index in [2.05, 4.69) is 4.52 Å². The average Bonchev–Trinajstić information content (AvgIpc) is 2.17. The van der Waals surface area contributed by atoms with E-state index in [1.165, 1.54) is 0 Å². The van der Waals surface area contributed by atoms with Gasteiger partial charge in [-0.25, -0.2) is 4.57 Å². The number of phosphoric acid groups is 1. The molecule has 0 radical (unpaired) electrons. The topological polar surface area (TPSA) is 168 Å². The molecule has 16 heavy (non-hydrogen) atoms. The lowest BCUT2D eigenvalue weighted by molar-refractivity contribution is -0.219. The van der Waals surface area contributed by atoms with Gasteiger partial charge in [0.1, 0.15) is 36.6 Å². The molecule has 0 aromatic carbocycles. The van der Waals surface area contributed by atoms with Crippen molar-refractivity contribution in [3.63, 3.8) is 0 Å². The summed E-state index contributed by atoms with van der Waals surface area (Å²) in [4.78, 5) is 17.0. The van der Waals surface area contributed by atoms with Gasteiger partial charge in [-0.3, -0.25) is 4.52 Å². The van der Waals surface area contributed by atoms with E-state index in [0.717, 1.165) is 0 Å². The average molecular weight is 260 g/mol. The Hall–Kier alpha value is -0.0900. The molecule has 0 amide bonds. The van der Waals surface area contributed by atoms with Crippen molar-refractivity contribution < 1.29 is 44.4 Å². The number of hydrogen-bond acceptors (Lipinski definition) is 7.